The van der Waals surface area contributed by atoms with E-state index < -0.39 is 0 Å². The van der Waals surface area contributed by atoms with E-state index in [1.165, 1.54) is 25.0 Å². The first-order chi connectivity index (χ1) is 5.86. The van der Waals surface area contributed by atoms with Crippen LogP contribution in [0.25, 0.3) is 0 Å². The van der Waals surface area contributed by atoms with Gasteiger partial charge in [0.2, 0.25) is 0 Å². The van der Waals surface area contributed by atoms with E-state index in [4.69, 9.17) is 0 Å². The SMILES string of the molecule is CCCCCc1ncc(CC)[nH]1. The quantitative estimate of drug-likeness (QED) is 0.669. The lowest BCUT2D eigenvalue weighted by Gasteiger charge is -1.94. The Morgan fingerprint density at radius 2 is 2.17 bits per heavy atom. The zero-order valence-electron chi connectivity index (χ0n) is 8.06. The second-order valence-corrected chi connectivity index (χ2v) is 3.17. The van der Waals surface area contributed by atoms with Crippen LogP contribution in [0.1, 0.15) is 44.6 Å². The molecule has 0 amide bonds. The number of aromatic nitrogens is 2. The number of rotatable bonds is 5. The summed E-state index contributed by atoms with van der Waals surface area (Å²) in [6, 6.07) is 0. The number of imidazole rings is 1. The van der Waals surface area contributed by atoms with Crippen molar-refractivity contribution in [3.05, 3.63) is 17.7 Å². The molecule has 12 heavy (non-hydrogen) atoms. The minimum absolute atomic E-state index is 1.06. The van der Waals surface area contributed by atoms with Crippen LogP contribution in [0.4, 0.5) is 0 Å². The second-order valence-electron chi connectivity index (χ2n) is 3.17. The van der Waals surface area contributed by atoms with Crippen molar-refractivity contribution < 1.29 is 0 Å². The molecule has 0 atom stereocenters. The highest BCUT2D eigenvalue weighted by Gasteiger charge is 1.97. The Kier molecular flexibility index (Phi) is 3.85. The minimum atomic E-state index is 1.06. The fourth-order valence-corrected chi connectivity index (χ4v) is 1.25. The molecule has 0 saturated carbocycles. The Morgan fingerprint density at radius 1 is 1.33 bits per heavy atom. The molecule has 2 heteroatoms. The highest BCUT2D eigenvalue weighted by molar-refractivity contribution is 5.00. The van der Waals surface area contributed by atoms with E-state index in [2.05, 4.69) is 23.8 Å². The highest BCUT2D eigenvalue weighted by Crippen LogP contribution is 2.03. The van der Waals surface area contributed by atoms with Crippen LogP contribution in [0.5, 0.6) is 0 Å². The van der Waals surface area contributed by atoms with E-state index in [9.17, 15) is 0 Å². The minimum Gasteiger partial charge on any atom is -0.346 e. The standard InChI is InChI=1S/C10H18N2/c1-3-5-6-7-10-11-8-9(4-2)12-10/h8H,3-7H2,1-2H3,(H,11,12). The molecule has 0 aromatic carbocycles. The van der Waals surface area contributed by atoms with Gasteiger partial charge in [-0.05, 0) is 12.8 Å². The average molecular weight is 166 g/mol. The van der Waals surface area contributed by atoms with Crippen molar-refractivity contribution in [3.8, 4) is 0 Å². The zero-order chi connectivity index (χ0) is 8.81. The second kappa shape index (κ2) is 4.96. The summed E-state index contributed by atoms with van der Waals surface area (Å²) < 4.78 is 0. The summed E-state index contributed by atoms with van der Waals surface area (Å²) in [6.07, 6.45) is 7.95. The van der Waals surface area contributed by atoms with Gasteiger partial charge in [0.25, 0.3) is 0 Å². The average Bonchev–Trinajstić information content (AvgIpc) is 2.53. The third-order valence-corrected chi connectivity index (χ3v) is 2.08. The first-order valence-corrected chi connectivity index (χ1v) is 4.89. The van der Waals surface area contributed by atoms with Gasteiger partial charge in [0, 0.05) is 18.3 Å². The molecule has 1 N–H and O–H groups in total. The number of H-pyrrole nitrogens is 1. The molecule has 0 spiro atoms. The van der Waals surface area contributed by atoms with Gasteiger partial charge in [-0.3, -0.25) is 0 Å². The summed E-state index contributed by atoms with van der Waals surface area (Å²) in [5.74, 6) is 1.15. The van der Waals surface area contributed by atoms with Gasteiger partial charge in [0.05, 0.1) is 0 Å². The maximum Gasteiger partial charge on any atom is 0.106 e. The Labute approximate surface area is 74.4 Å². The molecule has 0 saturated heterocycles. The van der Waals surface area contributed by atoms with E-state index in [1.807, 2.05) is 6.20 Å². The lowest BCUT2D eigenvalue weighted by atomic mass is 10.2. The summed E-state index contributed by atoms with van der Waals surface area (Å²) in [7, 11) is 0. The molecule has 0 aliphatic carbocycles. The van der Waals surface area contributed by atoms with E-state index in [0.29, 0.717) is 0 Å². The van der Waals surface area contributed by atoms with Crippen molar-refractivity contribution in [2.45, 2.75) is 46.0 Å². The Bertz CT molecular complexity index is 215. The van der Waals surface area contributed by atoms with Crippen LogP contribution in [-0.4, -0.2) is 9.97 Å². The number of aryl methyl sites for hydroxylation is 2. The van der Waals surface area contributed by atoms with Crippen LogP contribution in [0.3, 0.4) is 0 Å². The highest BCUT2D eigenvalue weighted by atomic mass is 14.9. The van der Waals surface area contributed by atoms with Crippen molar-refractivity contribution >= 4 is 0 Å². The number of nitrogens with zero attached hydrogens (tertiary/aromatic N) is 1. The third-order valence-electron chi connectivity index (χ3n) is 2.08. The van der Waals surface area contributed by atoms with Crippen LogP contribution in [0.2, 0.25) is 0 Å². The topological polar surface area (TPSA) is 28.7 Å². The summed E-state index contributed by atoms with van der Waals surface area (Å²) in [6.45, 7) is 4.36. The van der Waals surface area contributed by atoms with E-state index in [1.54, 1.807) is 0 Å². The molecule has 0 radical (unpaired) electrons. The molecule has 68 valence electrons. The Balaban J connectivity index is 2.31. The smallest absolute Gasteiger partial charge is 0.106 e. The Hall–Kier alpha value is -0.790. The van der Waals surface area contributed by atoms with Crippen LogP contribution in [0.15, 0.2) is 6.20 Å². The van der Waals surface area contributed by atoms with Gasteiger partial charge >= 0.3 is 0 Å². The van der Waals surface area contributed by atoms with Gasteiger partial charge in [-0.25, -0.2) is 4.98 Å². The first-order valence-electron chi connectivity index (χ1n) is 4.89. The van der Waals surface area contributed by atoms with Crippen LogP contribution in [-0.2, 0) is 12.8 Å². The molecular weight excluding hydrogens is 148 g/mol. The van der Waals surface area contributed by atoms with Gasteiger partial charge in [-0.2, -0.15) is 0 Å². The summed E-state index contributed by atoms with van der Waals surface area (Å²) in [5.41, 5.74) is 1.25. The van der Waals surface area contributed by atoms with Crippen molar-refractivity contribution in [3.63, 3.8) is 0 Å². The van der Waals surface area contributed by atoms with Crippen molar-refractivity contribution in [1.82, 2.24) is 9.97 Å². The molecule has 0 bridgehead atoms. The number of unbranched alkanes of at least 4 members (excludes halogenated alkanes) is 2. The largest absolute Gasteiger partial charge is 0.346 e. The maximum atomic E-state index is 4.30. The van der Waals surface area contributed by atoms with Gasteiger partial charge < -0.3 is 4.98 Å². The third kappa shape index (κ3) is 2.68. The van der Waals surface area contributed by atoms with Gasteiger partial charge in [0.15, 0.2) is 0 Å². The number of hydrogen-bond donors (Lipinski definition) is 1. The molecule has 1 rings (SSSR count). The molecule has 1 aromatic rings. The Morgan fingerprint density at radius 3 is 2.75 bits per heavy atom. The normalized spacial score (nSPS) is 10.5. The lowest BCUT2D eigenvalue weighted by molar-refractivity contribution is 0.698. The molecular formula is C10H18N2. The lowest BCUT2D eigenvalue weighted by Crippen LogP contribution is -1.88. The van der Waals surface area contributed by atoms with Crippen molar-refractivity contribution in [2.24, 2.45) is 0 Å². The van der Waals surface area contributed by atoms with Crippen LogP contribution >= 0.6 is 0 Å². The summed E-state index contributed by atoms with van der Waals surface area (Å²) in [5, 5.41) is 0. The van der Waals surface area contributed by atoms with Crippen molar-refractivity contribution in [2.75, 3.05) is 0 Å². The molecule has 2 nitrogen and oxygen atoms in total. The molecule has 1 heterocycles. The van der Waals surface area contributed by atoms with Gasteiger partial charge in [0.1, 0.15) is 5.82 Å². The monoisotopic (exact) mass is 166 g/mol. The number of aromatic amines is 1. The first kappa shape index (κ1) is 9.30. The predicted molar refractivity (Wildman–Crippen MR) is 51.2 cm³/mol. The fourth-order valence-electron chi connectivity index (χ4n) is 1.25. The van der Waals surface area contributed by atoms with E-state index in [-0.39, 0.29) is 0 Å². The molecule has 0 unspecified atom stereocenters. The van der Waals surface area contributed by atoms with Crippen LogP contribution in [0, 0.1) is 0 Å². The van der Waals surface area contributed by atoms with Crippen LogP contribution < -0.4 is 0 Å². The molecule has 1 aromatic heterocycles. The number of hydrogen-bond acceptors (Lipinski definition) is 1. The fraction of sp³-hybridized carbons (Fsp3) is 0.700. The molecule has 0 aliphatic heterocycles. The van der Waals surface area contributed by atoms with E-state index in [0.717, 1.165) is 18.7 Å². The predicted octanol–water partition coefficient (Wildman–Crippen LogP) is 2.70. The zero-order valence-corrected chi connectivity index (χ0v) is 8.06. The molecule has 0 fully saturated rings. The summed E-state index contributed by atoms with van der Waals surface area (Å²) in [4.78, 5) is 7.61. The van der Waals surface area contributed by atoms with E-state index >= 15 is 0 Å². The maximum absolute atomic E-state index is 4.30. The van der Waals surface area contributed by atoms with Gasteiger partial charge in [-0.15, -0.1) is 0 Å². The van der Waals surface area contributed by atoms with Gasteiger partial charge in [-0.1, -0.05) is 26.7 Å². The summed E-state index contributed by atoms with van der Waals surface area (Å²) >= 11 is 0. The molecule has 0 aliphatic rings. The number of nitrogens with one attached hydrogen (secondary N) is 1. The van der Waals surface area contributed by atoms with Crippen molar-refractivity contribution in [1.29, 1.82) is 0 Å².